The second-order valence-electron chi connectivity index (χ2n) is 7.77. The Bertz CT molecular complexity index is 599. The van der Waals surface area contributed by atoms with E-state index in [1.807, 2.05) is 0 Å². The van der Waals surface area contributed by atoms with Crippen molar-refractivity contribution in [2.24, 2.45) is 23.2 Å². The van der Waals surface area contributed by atoms with Gasteiger partial charge in [0.15, 0.2) is 0 Å². The van der Waals surface area contributed by atoms with E-state index in [1.165, 1.54) is 44.6 Å². The molecule has 1 N–H and O–H groups in total. The van der Waals surface area contributed by atoms with Gasteiger partial charge in [-0.25, -0.2) is 9.18 Å². The highest BCUT2D eigenvalue weighted by atomic mass is 35.5. The molecule has 0 aromatic heterocycles. The van der Waals surface area contributed by atoms with E-state index in [0.717, 1.165) is 23.8 Å². The summed E-state index contributed by atoms with van der Waals surface area (Å²) in [4.78, 5) is 11.0. The summed E-state index contributed by atoms with van der Waals surface area (Å²) < 4.78 is 19.8. The van der Waals surface area contributed by atoms with E-state index < -0.39 is 17.3 Å². The lowest BCUT2D eigenvalue weighted by atomic mass is 9.50. The molecule has 4 bridgehead atoms. The van der Waals surface area contributed by atoms with Crippen LogP contribution in [0, 0.1) is 29.0 Å². The standard InChI is InChI=1S/C18H20ClFO3/c19-14-4-13(5-15(20)16(14)17(21)22)23-9-18-6-10-1-11(7-18)3-12(2-10)8-18/h4-5,10-12H,1-3,6-9H2,(H,21,22). The van der Waals surface area contributed by atoms with Crippen molar-refractivity contribution in [3.8, 4) is 5.75 Å². The average molecular weight is 339 g/mol. The van der Waals surface area contributed by atoms with Crippen LogP contribution in [0.5, 0.6) is 5.75 Å². The number of carbonyl (C=O) groups is 1. The van der Waals surface area contributed by atoms with Gasteiger partial charge in [-0.1, -0.05) is 11.6 Å². The van der Waals surface area contributed by atoms with E-state index >= 15 is 0 Å². The molecule has 5 heteroatoms. The molecule has 4 aliphatic carbocycles. The van der Waals surface area contributed by atoms with E-state index in [-0.39, 0.29) is 10.4 Å². The third-order valence-corrected chi connectivity index (χ3v) is 6.24. The number of benzene rings is 1. The summed E-state index contributed by atoms with van der Waals surface area (Å²) in [6, 6.07) is 2.55. The lowest BCUT2D eigenvalue weighted by Gasteiger charge is -2.56. The summed E-state index contributed by atoms with van der Waals surface area (Å²) in [7, 11) is 0. The smallest absolute Gasteiger partial charge is 0.340 e. The quantitative estimate of drug-likeness (QED) is 0.860. The molecule has 5 rings (SSSR count). The first-order valence-corrected chi connectivity index (χ1v) is 8.67. The first-order chi connectivity index (χ1) is 10.9. The molecule has 0 spiro atoms. The Balaban J connectivity index is 1.50. The molecule has 0 saturated heterocycles. The maximum Gasteiger partial charge on any atom is 0.340 e. The van der Waals surface area contributed by atoms with Crippen molar-refractivity contribution in [2.45, 2.75) is 38.5 Å². The average Bonchev–Trinajstić information content (AvgIpc) is 2.42. The molecule has 0 amide bonds. The molecular formula is C18H20ClFO3. The van der Waals surface area contributed by atoms with Crippen LogP contribution in [0.3, 0.4) is 0 Å². The van der Waals surface area contributed by atoms with E-state index in [4.69, 9.17) is 21.4 Å². The Labute approximate surface area is 139 Å². The van der Waals surface area contributed by atoms with Crippen LogP contribution in [-0.4, -0.2) is 17.7 Å². The van der Waals surface area contributed by atoms with E-state index in [0.29, 0.717) is 12.4 Å². The van der Waals surface area contributed by atoms with Gasteiger partial charge in [0.1, 0.15) is 17.1 Å². The molecule has 0 unspecified atom stereocenters. The predicted octanol–water partition coefficient (Wildman–Crippen LogP) is 4.77. The van der Waals surface area contributed by atoms with Gasteiger partial charge in [0, 0.05) is 11.5 Å². The molecule has 1 aromatic rings. The molecule has 124 valence electrons. The number of halogens is 2. The van der Waals surface area contributed by atoms with Gasteiger partial charge < -0.3 is 9.84 Å². The highest BCUT2D eigenvalue weighted by Gasteiger charge is 2.51. The van der Waals surface area contributed by atoms with Crippen molar-refractivity contribution in [1.29, 1.82) is 0 Å². The van der Waals surface area contributed by atoms with Gasteiger partial charge in [0.2, 0.25) is 0 Å². The van der Waals surface area contributed by atoms with Crippen molar-refractivity contribution < 1.29 is 19.0 Å². The van der Waals surface area contributed by atoms with Crippen LogP contribution in [0.4, 0.5) is 4.39 Å². The summed E-state index contributed by atoms with van der Waals surface area (Å²) in [5, 5.41) is 8.84. The fraction of sp³-hybridized carbons (Fsp3) is 0.611. The third-order valence-electron chi connectivity index (χ3n) is 5.94. The Morgan fingerprint density at radius 2 is 1.78 bits per heavy atom. The normalized spacial score (nSPS) is 34.6. The van der Waals surface area contributed by atoms with Crippen molar-refractivity contribution in [3.63, 3.8) is 0 Å². The molecule has 4 fully saturated rings. The zero-order chi connectivity index (χ0) is 16.2. The lowest BCUT2D eigenvalue weighted by molar-refractivity contribution is -0.0745. The molecule has 1 aromatic carbocycles. The number of carboxylic acid groups (broad SMARTS) is 1. The molecule has 4 saturated carbocycles. The first-order valence-electron chi connectivity index (χ1n) is 8.29. The van der Waals surface area contributed by atoms with Gasteiger partial charge in [-0.2, -0.15) is 0 Å². The molecular weight excluding hydrogens is 319 g/mol. The maximum atomic E-state index is 13.9. The number of aromatic carboxylic acids is 1. The van der Waals surface area contributed by atoms with Gasteiger partial charge in [-0.15, -0.1) is 0 Å². The zero-order valence-electron chi connectivity index (χ0n) is 12.9. The second kappa shape index (κ2) is 5.37. The summed E-state index contributed by atoms with van der Waals surface area (Å²) in [5.41, 5.74) is -0.266. The highest BCUT2D eigenvalue weighted by Crippen LogP contribution is 2.60. The lowest BCUT2D eigenvalue weighted by Crippen LogP contribution is -2.48. The second-order valence-corrected chi connectivity index (χ2v) is 8.18. The van der Waals surface area contributed by atoms with Crippen LogP contribution in [0.15, 0.2) is 12.1 Å². The van der Waals surface area contributed by atoms with E-state index in [2.05, 4.69) is 0 Å². The van der Waals surface area contributed by atoms with Crippen molar-refractivity contribution in [1.82, 2.24) is 0 Å². The summed E-state index contributed by atoms with van der Waals surface area (Å²) >= 11 is 5.88. The summed E-state index contributed by atoms with van der Waals surface area (Å²) in [5.74, 6) is 0.623. The van der Waals surface area contributed by atoms with Crippen LogP contribution < -0.4 is 4.74 Å². The third kappa shape index (κ3) is 2.71. The molecule has 0 heterocycles. The van der Waals surface area contributed by atoms with E-state index in [9.17, 15) is 9.18 Å². The Hall–Kier alpha value is -1.29. The van der Waals surface area contributed by atoms with Gasteiger partial charge in [0.05, 0.1) is 11.6 Å². The number of rotatable bonds is 4. The van der Waals surface area contributed by atoms with Gasteiger partial charge in [-0.3, -0.25) is 0 Å². The number of hydrogen-bond donors (Lipinski definition) is 1. The van der Waals surface area contributed by atoms with Crippen LogP contribution in [0.1, 0.15) is 48.9 Å². The molecule has 0 radical (unpaired) electrons. The Morgan fingerprint density at radius 3 is 2.26 bits per heavy atom. The fourth-order valence-electron chi connectivity index (χ4n) is 5.54. The predicted molar refractivity (Wildman–Crippen MR) is 84.5 cm³/mol. The van der Waals surface area contributed by atoms with Crippen LogP contribution >= 0.6 is 11.6 Å². The number of ether oxygens (including phenoxy) is 1. The minimum Gasteiger partial charge on any atom is -0.493 e. The minimum atomic E-state index is -1.36. The Morgan fingerprint density at radius 1 is 1.22 bits per heavy atom. The topological polar surface area (TPSA) is 46.5 Å². The molecule has 0 aliphatic heterocycles. The monoisotopic (exact) mass is 338 g/mol. The highest BCUT2D eigenvalue weighted by molar-refractivity contribution is 6.33. The van der Waals surface area contributed by atoms with Crippen LogP contribution in [-0.2, 0) is 0 Å². The van der Waals surface area contributed by atoms with Crippen molar-refractivity contribution >= 4 is 17.6 Å². The number of hydrogen-bond acceptors (Lipinski definition) is 2. The molecule has 4 aliphatic rings. The number of carboxylic acids is 1. The molecule has 3 nitrogen and oxygen atoms in total. The fourth-order valence-corrected chi connectivity index (χ4v) is 5.82. The van der Waals surface area contributed by atoms with Gasteiger partial charge >= 0.3 is 5.97 Å². The van der Waals surface area contributed by atoms with Gasteiger partial charge in [0.25, 0.3) is 0 Å². The Kier molecular flexibility index (Phi) is 3.56. The SMILES string of the molecule is O=C(O)c1c(F)cc(OCC23CC4CC(CC(C4)C2)C3)cc1Cl. The zero-order valence-corrected chi connectivity index (χ0v) is 13.6. The summed E-state index contributed by atoms with van der Waals surface area (Å²) in [6.07, 6.45) is 7.74. The minimum absolute atomic E-state index is 0.113. The van der Waals surface area contributed by atoms with Crippen molar-refractivity contribution in [3.05, 3.63) is 28.5 Å². The summed E-state index contributed by atoms with van der Waals surface area (Å²) in [6.45, 7) is 0.582. The molecule has 0 atom stereocenters. The maximum absolute atomic E-state index is 13.9. The van der Waals surface area contributed by atoms with Gasteiger partial charge in [-0.05, 0) is 62.3 Å². The van der Waals surface area contributed by atoms with E-state index in [1.54, 1.807) is 0 Å². The largest absolute Gasteiger partial charge is 0.493 e. The van der Waals surface area contributed by atoms with Crippen molar-refractivity contribution in [2.75, 3.05) is 6.61 Å². The van der Waals surface area contributed by atoms with Crippen LogP contribution in [0.2, 0.25) is 5.02 Å². The molecule has 23 heavy (non-hydrogen) atoms. The first kappa shape index (κ1) is 15.3. The van der Waals surface area contributed by atoms with Crippen LogP contribution in [0.25, 0.3) is 0 Å².